The molecule has 4 aromatic heterocycles. The Morgan fingerprint density at radius 1 is 0.909 bits per heavy atom. The lowest BCUT2D eigenvalue weighted by atomic mass is 9.80. The molecule has 12 nitrogen and oxygen atoms in total. The molecule has 0 amide bonds. The van der Waals surface area contributed by atoms with Crippen LogP contribution in [-0.4, -0.2) is 90.0 Å². The van der Waals surface area contributed by atoms with E-state index in [4.69, 9.17) is 15.1 Å². The summed E-state index contributed by atoms with van der Waals surface area (Å²) in [7, 11) is 0. The van der Waals surface area contributed by atoms with Gasteiger partial charge in [-0.2, -0.15) is 15.2 Å². The van der Waals surface area contributed by atoms with Crippen LogP contribution in [0.15, 0.2) is 70.8 Å². The monoisotopic (exact) mass is 758 g/mol. The Morgan fingerprint density at radius 3 is 2.47 bits per heavy atom. The first-order valence-electron chi connectivity index (χ1n) is 18.9. The number of aliphatic imine (C=N–C) groups is 1. The van der Waals surface area contributed by atoms with Crippen molar-refractivity contribution in [3.8, 4) is 0 Å². The van der Waals surface area contributed by atoms with Gasteiger partial charge in [0, 0.05) is 43.4 Å². The molecule has 16 heteroatoms. The van der Waals surface area contributed by atoms with Crippen molar-refractivity contribution in [2.24, 2.45) is 27.8 Å². The number of piperidine rings is 2. The molecule has 4 aliphatic heterocycles. The van der Waals surface area contributed by atoms with E-state index in [9.17, 15) is 17.6 Å². The number of aromatic nitrogens is 6. The summed E-state index contributed by atoms with van der Waals surface area (Å²) in [6.07, 6.45) is 1.79. The highest BCUT2D eigenvalue weighted by Gasteiger charge is 2.47. The molecule has 55 heavy (non-hydrogen) atoms. The number of hydrogen-bond acceptors (Lipinski definition) is 11. The van der Waals surface area contributed by atoms with Gasteiger partial charge in [-0.15, -0.1) is 0 Å². The Bertz CT molecular complexity index is 2140. The first-order valence-corrected chi connectivity index (χ1v) is 18.9. The van der Waals surface area contributed by atoms with Gasteiger partial charge in [0.25, 0.3) is 18.6 Å². The third kappa shape index (κ3) is 6.88. The largest absolute Gasteiger partial charge is 0.356 e. The van der Waals surface area contributed by atoms with Crippen molar-refractivity contribution in [3.63, 3.8) is 0 Å². The van der Waals surface area contributed by atoms with Crippen LogP contribution in [0.25, 0.3) is 5.78 Å². The van der Waals surface area contributed by atoms with E-state index >= 15 is 0 Å². The number of nitrogens with zero attached hydrogens (tertiary/aromatic N) is 12. The van der Waals surface area contributed by atoms with E-state index in [0.29, 0.717) is 37.0 Å². The molecule has 0 bridgehead atoms. The van der Waals surface area contributed by atoms with Gasteiger partial charge in [-0.1, -0.05) is 40.7 Å². The first-order chi connectivity index (χ1) is 26.3. The molecule has 8 rings (SSSR count). The van der Waals surface area contributed by atoms with Crippen LogP contribution in [0.5, 0.6) is 0 Å². The molecule has 2 saturated heterocycles. The number of hydrazone groups is 1. The van der Waals surface area contributed by atoms with Gasteiger partial charge in [-0.25, -0.2) is 47.0 Å². The Hall–Kier alpha value is -5.15. The topological polar surface area (TPSA) is 107 Å². The smallest absolute Gasteiger partial charge is 0.280 e. The number of hydrogen-bond donors (Lipinski definition) is 0. The highest BCUT2D eigenvalue weighted by Crippen LogP contribution is 2.42. The molecule has 2 unspecified atom stereocenters. The standard InChI is InChI=1S/C39H46F4N12/c1-22-11-13-51(33-15-25(10-12-44-33)39(4,5)6)18-26(22)31-17-29(36(42)43)50-38-53(21-47-55(31)38)34-14-23(2)27(19-52(34)32-9-7-8-24(3)48-32)30-16-28(35(40)41)49-37-45-20-46-54(30)37/h7-10,12,15-17,20-23,26-27,31,34-36H,11,13-14,18-19H2,1-6H3/t22-,23-,26-,27-,31?,34?/m1/s1. The van der Waals surface area contributed by atoms with Crippen LogP contribution < -0.4 is 9.80 Å². The third-order valence-corrected chi connectivity index (χ3v) is 11.6. The maximum Gasteiger partial charge on any atom is 0.280 e. The average molecular weight is 759 g/mol. The Kier molecular flexibility index (Phi) is 9.48. The number of guanidine groups is 1. The van der Waals surface area contributed by atoms with Crippen LogP contribution in [0.4, 0.5) is 29.2 Å². The van der Waals surface area contributed by atoms with Gasteiger partial charge in [-0.05, 0) is 79.0 Å². The van der Waals surface area contributed by atoms with Gasteiger partial charge in [-0.3, -0.25) is 4.90 Å². The third-order valence-electron chi connectivity index (χ3n) is 11.6. The predicted molar refractivity (Wildman–Crippen MR) is 202 cm³/mol. The van der Waals surface area contributed by atoms with Gasteiger partial charge in [0.15, 0.2) is 0 Å². The lowest BCUT2D eigenvalue weighted by Gasteiger charge is -2.48. The van der Waals surface area contributed by atoms with E-state index in [2.05, 4.69) is 70.5 Å². The minimum absolute atomic E-state index is 0.0499. The van der Waals surface area contributed by atoms with E-state index in [1.807, 2.05) is 42.3 Å². The molecule has 8 heterocycles. The SMILES string of the molecule is Cc1cccc(N2C[C@@H](c3cc(C(F)F)nc4ncnn34)[C@H](C)CC2N2C=NN3C2=NC(C(F)F)=CC3[C@@H]2CN(c3cc(C(C)(C)C)ccn3)CC[C@H]2C)n1. The Balaban J connectivity index is 1.13. The number of aryl methyl sites for hydroxylation is 1. The van der Waals surface area contributed by atoms with Crippen molar-refractivity contribution in [3.05, 3.63) is 83.3 Å². The molecule has 0 radical (unpaired) electrons. The minimum Gasteiger partial charge on any atom is -0.356 e. The zero-order chi connectivity index (χ0) is 38.8. The number of pyridine rings is 2. The van der Waals surface area contributed by atoms with Crippen molar-refractivity contribution >= 4 is 29.7 Å². The molecule has 0 aliphatic carbocycles. The van der Waals surface area contributed by atoms with Crippen LogP contribution in [0.3, 0.4) is 0 Å². The molecule has 0 saturated carbocycles. The zero-order valence-electron chi connectivity index (χ0n) is 31.8. The highest BCUT2D eigenvalue weighted by molar-refractivity contribution is 5.96. The number of fused-ring (bicyclic) bond motifs is 2. The molecule has 0 N–H and O–H groups in total. The van der Waals surface area contributed by atoms with Crippen LogP contribution >= 0.6 is 0 Å². The molecule has 2 fully saturated rings. The quantitative estimate of drug-likeness (QED) is 0.184. The van der Waals surface area contributed by atoms with Gasteiger partial charge < -0.3 is 9.80 Å². The lowest BCUT2D eigenvalue weighted by Crippen LogP contribution is -2.59. The minimum atomic E-state index is -2.79. The summed E-state index contributed by atoms with van der Waals surface area (Å²) in [5, 5.41) is 11.0. The summed E-state index contributed by atoms with van der Waals surface area (Å²) in [4.78, 5) is 28.5. The summed E-state index contributed by atoms with van der Waals surface area (Å²) < 4.78 is 59.2. The molecule has 4 aliphatic rings. The van der Waals surface area contributed by atoms with E-state index < -0.39 is 25.1 Å². The number of halogens is 4. The van der Waals surface area contributed by atoms with E-state index in [-0.39, 0.29) is 46.3 Å². The van der Waals surface area contributed by atoms with E-state index in [0.717, 1.165) is 24.5 Å². The second-order valence-electron chi connectivity index (χ2n) is 16.3. The van der Waals surface area contributed by atoms with Crippen LogP contribution in [0.2, 0.25) is 0 Å². The average Bonchev–Trinajstić information content (AvgIpc) is 3.82. The lowest BCUT2D eigenvalue weighted by molar-refractivity contribution is 0.145. The van der Waals surface area contributed by atoms with Gasteiger partial charge in [0.05, 0.1) is 11.7 Å². The van der Waals surface area contributed by atoms with E-state index in [1.165, 1.54) is 22.5 Å². The zero-order valence-corrected chi connectivity index (χ0v) is 31.8. The molecular weight excluding hydrogens is 713 g/mol. The van der Waals surface area contributed by atoms with Crippen LogP contribution in [0.1, 0.15) is 82.4 Å². The number of allylic oxidation sites excluding steroid dienone is 1. The van der Waals surface area contributed by atoms with Crippen molar-refractivity contribution in [1.82, 2.24) is 39.5 Å². The fraction of sp³-hybridized carbons (Fsp3) is 0.513. The predicted octanol–water partition coefficient (Wildman–Crippen LogP) is 7.02. The van der Waals surface area contributed by atoms with Crippen LogP contribution in [-0.2, 0) is 5.41 Å². The maximum atomic E-state index is 14.8. The Labute approximate surface area is 317 Å². The first kappa shape index (κ1) is 36.8. The fourth-order valence-corrected chi connectivity index (χ4v) is 8.45. The summed E-state index contributed by atoms with van der Waals surface area (Å²) in [5.41, 5.74) is 1.84. The summed E-state index contributed by atoms with van der Waals surface area (Å²) in [5.74, 6) is 1.76. The second-order valence-corrected chi connectivity index (χ2v) is 16.3. The maximum absolute atomic E-state index is 14.8. The normalized spacial score (nSPS) is 26.0. The van der Waals surface area contributed by atoms with Gasteiger partial charge >= 0.3 is 0 Å². The molecule has 290 valence electrons. The van der Waals surface area contributed by atoms with Gasteiger partial charge in [0.1, 0.15) is 41.9 Å². The van der Waals surface area contributed by atoms with Crippen molar-refractivity contribution in [1.29, 1.82) is 0 Å². The van der Waals surface area contributed by atoms with Crippen molar-refractivity contribution in [2.75, 3.05) is 29.4 Å². The molecule has 0 aromatic carbocycles. The number of rotatable bonds is 7. The highest BCUT2D eigenvalue weighted by atomic mass is 19.3. The molecular formula is C39H46F4N12. The summed E-state index contributed by atoms with van der Waals surface area (Å²) in [6.45, 7) is 14.4. The Morgan fingerprint density at radius 2 is 1.73 bits per heavy atom. The summed E-state index contributed by atoms with van der Waals surface area (Å²) in [6, 6.07) is 10.8. The molecule has 6 atom stereocenters. The van der Waals surface area contributed by atoms with Crippen molar-refractivity contribution in [2.45, 2.75) is 90.8 Å². The number of alkyl halides is 4. The van der Waals surface area contributed by atoms with Gasteiger partial charge in [0.2, 0.25) is 5.96 Å². The number of anilines is 2. The fourth-order valence-electron chi connectivity index (χ4n) is 8.45. The van der Waals surface area contributed by atoms with Crippen molar-refractivity contribution < 1.29 is 17.6 Å². The molecule has 0 spiro atoms. The van der Waals surface area contributed by atoms with E-state index in [1.54, 1.807) is 17.4 Å². The summed E-state index contributed by atoms with van der Waals surface area (Å²) >= 11 is 0. The molecule has 4 aromatic rings. The van der Waals surface area contributed by atoms with Crippen LogP contribution in [0, 0.1) is 24.7 Å². The second kappa shape index (κ2) is 14.2.